The number of alkyl halides is 6. The third-order valence-corrected chi connectivity index (χ3v) is 10.5. The zero-order chi connectivity index (χ0) is 59.5. The molecule has 0 aliphatic heterocycles. The highest BCUT2D eigenvalue weighted by Crippen LogP contribution is 2.35. The fraction of sp³-hybridized carbons (Fsp3) is 0.333. The van der Waals surface area contributed by atoms with Crippen LogP contribution in [0.4, 0.5) is 65.3 Å². The van der Waals surface area contributed by atoms with Crippen molar-refractivity contribution < 1.29 is 67.0 Å². The number of nitriles is 3. The fourth-order valence-electron chi connectivity index (χ4n) is 6.60. The van der Waals surface area contributed by atoms with Gasteiger partial charge in [0, 0.05) is 35.7 Å². The number of hydrogen-bond acceptors (Lipinski definition) is 16. The predicted molar refractivity (Wildman–Crippen MR) is 279 cm³/mol. The van der Waals surface area contributed by atoms with Crippen molar-refractivity contribution in [3.8, 4) is 18.2 Å². The number of rotatable bonds is 13. The average molecular weight is 1120 g/mol. The van der Waals surface area contributed by atoms with E-state index >= 15 is 0 Å². The van der Waals surface area contributed by atoms with Crippen molar-refractivity contribution >= 4 is 57.9 Å². The fourth-order valence-corrected chi connectivity index (χ4v) is 6.60. The van der Waals surface area contributed by atoms with Crippen molar-refractivity contribution in [2.45, 2.75) is 110 Å². The summed E-state index contributed by atoms with van der Waals surface area (Å²) in [5.41, 5.74) is 3.51. The van der Waals surface area contributed by atoms with Crippen LogP contribution in [0.2, 0.25) is 0 Å². The van der Waals surface area contributed by atoms with Crippen molar-refractivity contribution in [3.63, 3.8) is 0 Å². The molecule has 0 fully saturated rings. The normalized spacial score (nSPS) is 13.4. The summed E-state index contributed by atoms with van der Waals surface area (Å²) in [6.07, 6.45) is -1.95. The molecule has 6 rings (SSSR count). The predicted octanol–water partition coefficient (Wildman–Crippen LogP) is 7.04. The number of anilines is 6. The Bertz CT molecular complexity index is 3330. The van der Waals surface area contributed by atoms with Gasteiger partial charge in [-0.1, -0.05) is 7.43 Å². The first kappa shape index (κ1) is 64.8. The molecule has 3 atom stereocenters. The van der Waals surface area contributed by atoms with Gasteiger partial charge in [-0.05, 0) is 109 Å². The Morgan fingerprint density at radius 3 is 1.21 bits per heavy atom. The van der Waals surface area contributed by atoms with E-state index in [1.54, 1.807) is 45.9 Å². The summed E-state index contributed by atoms with van der Waals surface area (Å²) in [7, 11) is 0. The van der Waals surface area contributed by atoms with Crippen molar-refractivity contribution in [1.82, 2.24) is 29.3 Å². The van der Waals surface area contributed by atoms with Gasteiger partial charge in [-0.15, -0.1) is 0 Å². The van der Waals surface area contributed by atoms with Crippen molar-refractivity contribution in [1.29, 1.82) is 15.8 Å². The van der Waals surface area contributed by atoms with E-state index < -0.39 is 80.8 Å². The summed E-state index contributed by atoms with van der Waals surface area (Å²) in [6.45, 7) is 9.95. The number of aromatic nitrogens is 6. The monoisotopic (exact) mass is 1120 g/mol. The van der Waals surface area contributed by atoms with E-state index in [1.165, 1.54) is 77.2 Å². The largest absolute Gasteiger partial charge is 1.00 e. The zero-order valence-electron chi connectivity index (χ0n) is 44.1. The van der Waals surface area contributed by atoms with Crippen LogP contribution in [0.15, 0.2) is 91.8 Å². The van der Waals surface area contributed by atoms with Gasteiger partial charge in [-0.2, -0.15) is 57.4 Å². The molecule has 0 saturated heterocycles. The SMILES string of the molecule is C.CC(C)(C)OC(=O)Nc1cnn(C[C@](C)(O)C(=O)Nc2ccc(C#N)c(C(F)(F)F)c2)c1.C[C@](O)(Cn1cc(N)cn1)C(=O)Nc1ccc(C#N)c(C(F)(F)F)c1.Cc1cc(NC(=O)[C@@](C)(O)Cn2cc(N)cn2)ccc1C#N.[H+]. The molecule has 426 valence electrons. The first-order chi connectivity index (χ1) is 36.4. The minimum atomic E-state index is -4.79. The molecule has 11 N–H and O–H groups in total. The number of nitrogen functional groups attached to an aromatic ring is 2. The molecular formula is C51H58F6N15O8+. The molecule has 29 heteroatoms. The lowest BCUT2D eigenvalue weighted by Gasteiger charge is -2.22. The topological polar surface area (TPSA) is 363 Å². The smallest absolute Gasteiger partial charge is 0.444 e. The number of nitrogens with zero attached hydrogens (tertiary/aromatic N) is 9. The van der Waals surface area contributed by atoms with Crippen molar-refractivity contribution in [2.24, 2.45) is 0 Å². The van der Waals surface area contributed by atoms with E-state index in [0.29, 0.717) is 34.8 Å². The van der Waals surface area contributed by atoms with Crippen LogP contribution in [-0.4, -0.2) is 90.9 Å². The van der Waals surface area contributed by atoms with Crippen LogP contribution < -0.4 is 32.7 Å². The zero-order valence-corrected chi connectivity index (χ0v) is 43.1. The second-order valence-electron chi connectivity index (χ2n) is 19.1. The Kier molecular flexibility index (Phi) is 20.9. The second kappa shape index (κ2) is 25.8. The first-order valence-electron chi connectivity index (χ1n) is 22.9. The number of benzene rings is 3. The molecule has 3 heterocycles. The third kappa shape index (κ3) is 18.9. The first-order valence-corrected chi connectivity index (χ1v) is 22.9. The van der Waals surface area contributed by atoms with Crippen molar-refractivity contribution in [2.75, 3.05) is 32.7 Å². The van der Waals surface area contributed by atoms with Gasteiger partial charge >= 0.3 is 19.9 Å². The number of nitrogens with two attached hydrogens (primary N) is 2. The Morgan fingerprint density at radius 1 is 0.562 bits per heavy atom. The van der Waals surface area contributed by atoms with Gasteiger partial charge in [0.2, 0.25) is 0 Å². The molecule has 0 radical (unpaired) electrons. The number of carbonyl (C=O) groups excluding carboxylic acids is 4. The number of aryl methyl sites for hydroxylation is 1. The maximum atomic E-state index is 13.1. The lowest BCUT2D eigenvalue weighted by atomic mass is 10.0. The summed E-state index contributed by atoms with van der Waals surface area (Å²) in [5, 5.41) is 78.7. The number of hydrogen-bond donors (Lipinski definition) is 9. The van der Waals surface area contributed by atoms with E-state index in [4.69, 9.17) is 32.0 Å². The Morgan fingerprint density at radius 2 is 0.900 bits per heavy atom. The quantitative estimate of drug-likeness (QED) is 0.0523. The van der Waals surface area contributed by atoms with Crippen molar-refractivity contribution in [3.05, 3.63) is 125 Å². The number of amides is 4. The lowest BCUT2D eigenvalue weighted by Crippen LogP contribution is -2.43. The van der Waals surface area contributed by atoms with E-state index in [2.05, 4.69) is 42.6 Å². The summed E-state index contributed by atoms with van der Waals surface area (Å²) in [5.74, 6) is -2.49. The van der Waals surface area contributed by atoms with Crippen LogP contribution in [0.3, 0.4) is 0 Å². The standard InChI is InChI=1S/C20H22F3N5O4.C15H14F3N5O2.C15H17N5O2.CH4/c1-18(2,3)32-17(30)27-14-9-25-28(10-14)11-19(4,31)16(29)26-13-6-5-12(8-24)15(7-13)20(21,22)23;1-14(25,8-23-7-10(20)6-21-23)13(24)22-11-3-2-9(5-19)12(4-11)15(16,17)18;1-10-5-13(4-3-11(10)6-16)19-14(21)15(2,22)9-20-8-12(17)7-18-20;/h5-7,9-10,31H,11H2,1-4H3,(H,26,29)(H,27,30);2-4,6-7,25H,8,20H2,1H3,(H,22,24);3-5,7-8,22H,9,17H2,1-2H3,(H,19,21);1H4/p+1/t19-;14-;15-;/m000./s1. The van der Waals surface area contributed by atoms with Gasteiger partial charge in [0.05, 0.1) is 101 Å². The number of halogens is 6. The van der Waals surface area contributed by atoms with Crippen LogP contribution >= 0.6 is 0 Å². The number of nitrogens with one attached hydrogen (secondary N) is 4. The average Bonchev–Trinajstić information content (AvgIpc) is 4.07. The molecule has 0 aliphatic carbocycles. The molecule has 0 bridgehead atoms. The molecule has 3 aromatic heterocycles. The number of aliphatic hydroxyl groups is 3. The lowest BCUT2D eigenvalue weighted by molar-refractivity contribution is -0.138. The maximum Gasteiger partial charge on any atom is 1.00 e. The van der Waals surface area contributed by atoms with Crippen LogP contribution in [0, 0.1) is 40.9 Å². The molecule has 80 heavy (non-hydrogen) atoms. The Labute approximate surface area is 455 Å². The van der Waals surface area contributed by atoms with Gasteiger partial charge < -0.3 is 47.5 Å². The molecule has 3 aromatic carbocycles. The van der Waals surface area contributed by atoms with E-state index in [1.807, 2.05) is 0 Å². The number of ether oxygens (including phenoxy) is 1. The van der Waals surface area contributed by atoms with E-state index in [-0.39, 0.29) is 45.5 Å². The summed E-state index contributed by atoms with van der Waals surface area (Å²) in [4.78, 5) is 48.6. The van der Waals surface area contributed by atoms with Crippen LogP contribution in [0.5, 0.6) is 0 Å². The van der Waals surface area contributed by atoms with E-state index in [0.717, 1.165) is 36.8 Å². The minimum Gasteiger partial charge on any atom is -0.444 e. The molecule has 0 saturated carbocycles. The van der Waals surface area contributed by atoms with Crippen LogP contribution in [-0.2, 0) is 51.1 Å². The van der Waals surface area contributed by atoms with Crippen LogP contribution in [0.1, 0.15) is 83.8 Å². The van der Waals surface area contributed by atoms with Gasteiger partial charge in [-0.25, -0.2) is 4.79 Å². The molecular weight excluding hydrogens is 1060 g/mol. The number of carbonyl (C=O) groups is 4. The highest BCUT2D eigenvalue weighted by Gasteiger charge is 2.38. The summed E-state index contributed by atoms with van der Waals surface area (Å²) < 4.78 is 87.0. The molecule has 0 aliphatic rings. The van der Waals surface area contributed by atoms with Crippen LogP contribution in [0.25, 0.3) is 0 Å². The maximum absolute atomic E-state index is 13.1. The van der Waals surface area contributed by atoms with Gasteiger partial charge in [-0.3, -0.25) is 33.7 Å². The Hall–Kier alpha value is -9.50. The highest BCUT2D eigenvalue weighted by atomic mass is 19.4. The van der Waals surface area contributed by atoms with Gasteiger partial charge in [0.25, 0.3) is 17.7 Å². The molecule has 23 nitrogen and oxygen atoms in total. The van der Waals surface area contributed by atoms with Gasteiger partial charge in [0.1, 0.15) is 5.60 Å². The summed E-state index contributed by atoms with van der Waals surface area (Å²) in [6, 6.07) is 15.2. The van der Waals surface area contributed by atoms with E-state index in [9.17, 15) is 60.8 Å². The molecule has 0 unspecified atom stereocenters. The third-order valence-electron chi connectivity index (χ3n) is 10.5. The minimum absolute atomic E-state index is 0. The Balaban J connectivity index is 0.000000418. The molecule has 4 amide bonds. The molecule has 0 spiro atoms. The summed E-state index contributed by atoms with van der Waals surface area (Å²) >= 11 is 0. The highest BCUT2D eigenvalue weighted by molar-refractivity contribution is 5.98. The van der Waals surface area contributed by atoms with Gasteiger partial charge in [0.15, 0.2) is 16.8 Å². The molecule has 6 aromatic rings. The second-order valence-corrected chi connectivity index (χ2v) is 19.1.